The first-order chi connectivity index (χ1) is 8.11. The van der Waals surface area contributed by atoms with Crippen molar-refractivity contribution >= 4 is 23.3 Å². The summed E-state index contributed by atoms with van der Waals surface area (Å²) in [5.74, 6) is -2.82. The Morgan fingerprint density at radius 2 is 2.00 bits per heavy atom. The Morgan fingerprint density at radius 3 is 2.39 bits per heavy atom. The molecule has 0 bridgehead atoms. The molecule has 0 radical (unpaired) electrons. The summed E-state index contributed by atoms with van der Waals surface area (Å²) in [6.45, 7) is 0. The lowest BCUT2D eigenvalue weighted by atomic mass is 10.2. The third-order valence-electron chi connectivity index (χ3n) is 1.69. The third kappa shape index (κ3) is 3.23. The number of alkyl halides is 3. The predicted molar refractivity (Wildman–Crippen MR) is 51.7 cm³/mol. The first kappa shape index (κ1) is 14.0. The zero-order chi connectivity index (χ0) is 14.1. The van der Waals surface area contributed by atoms with E-state index < -0.39 is 39.3 Å². The van der Waals surface area contributed by atoms with Gasteiger partial charge in [-0.3, -0.25) is 10.1 Å². The number of benzene rings is 1. The number of ether oxygens (including phenoxy) is 1. The Morgan fingerprint density at radius 1 is 1.44 bits per heavy atom. The van der Waals surface area contributed by atoms with Gasteiger partial charge in [0.2, 0.25) is 5.75 Å². The van der Waals surface area contributed by atoms with Crippen molar-refractivity contribution in [2.24, 2.45) is 0 Å². The number of nitrogens with zero attached hydrogens (tertiary/aromatic N) is 1. The number of rotatable bonds is 3. The van der Waals surface area contributed by atoms with Gasteiger partial charge in [-0.1, -0.05) is 11.6 Å². The Kier molecular flexibility index (Phi) is 3.65. The summed E-state index contributed by atoms with van der Waals surface area (Å²) in [4.78, 5) is 19.9. The number of carbonyl (C=O) groups is 1. The number of carboxylic acids is 1. The minimum Gasteiger partial charge on any atom is -0.478 e. The number of carboxylic acid groups (broad SMARTS) is 1. The van der Waals surface area contributed by atoms with Crippen molar-refractivity contribution < 1.29 is 32.7 Å². The van der Waals surface area contributed by atoms with E-state index in [0.29, 0.717) is 12.1 Å². The van der Waals surface area contributed by atoms with Crippen molar-refractivity contribution in [1.29, 1.82) is 0 Å². The van der Waals surface area contributed by atoms with E-state index in [1.807, 2.05) is 0 Å². The number of aromatic carboxylic acids is 1. The first-order valence-electron chi connectivity index (χ1n) is 4.09. The third-order valence-corrected chi connectivity index (χ3v) is 1.97. The number of nitro benzene ring substituents is 1. The molecule has 98 valence electrons. The lowest BCUT2D eigenvalue weighted by molar-refractivity contribution is -0.388. The van der Waals surface area contributed by atoms with Crippen LogP contribution in [0.1, 0.15) is 10.4 Å². The normalized spacial score (nSPS) is 11.1. The Hall–Kier alpha value is -2.03. The van der Waals surface area contributed by atoms with Gasteiger partial charge in [-0.05, 0) is 6.07 Å². The van der Waals surface area contributed by atoms with E-state index in [1.54, 1.807) is 0 Å². The monoisotopic (exact) mass is 285 g/mol. The molecule has 0 aliphatic carbocycles. The quantitative estimate of drug-likeness (QED) is 0.681. The Balaban J connectivity index is 3.41. The molecule has 18 heavy (non-hydrogen) atoms. The van der Waals surface area contributed by atoms with Crippen LogP contribution in [0, 0.1) is 10.1 Å². The van der Waals surface area contributed by atoms with Crippen LogP contribution in [0.4, 0.5) is 18.9 Å². The molecule has 1 N–H and O–H groups in total. The molecule has 0 fully saturated rings. The van der Waals surface area contributed by atoms with Crippen LogP contribution in [0.3, 0.4) is 0 Å². The van der Waals surface area contributed by atoms with Crippen LogP contribution in [0.25, 0.3) is 0 Å². The van der Waals surface area contributed by atoms with Crippen LogP contribution < -0.4 is 4.74 Å². The van der Waals surface area contributed by atoms with Crippen LogP contribution in [0.15, 0.2) is 12.1 Å². The lowest BCUT2D eigenvalue weighted by Crippen LogP contribution is -2.18. The van der Waals surface area contributed by atoms with Gasteiger partial charge in [-0.2, -0.15) is 0 Å². The fourth-order valence-electron chi connectivity index (χ4n) is 1.05. The van der Waals surface area contributed by atoms with Gasteiger partial charge in [0.15, 0.2) is 0 Å². The van der Waals surface area contributed by atoms with Crippen molar-refractivity contribution in [3.63, 3.8) is 0 Å². The molecule has 0 aliphatic rings. The van der Waals surface area contributed by atoms with Gasteiger partial charge in [-0.15, -0.1) is 13.2 Å². The minimum absolute atomic E-state index is 0.426. The van der Waals surface area contributed by atoms with Crippen LogP contribution in [-0.4, -0.2) is 22.4 Å². The van der Waals surface area contributed by atoms with E-state index in [9.17, 15) is 28.1 Å². The molecule has 6 nitrogen and oxygen atoms in total. The summed E-state index contributed by atoms with van der Waals surface area (Å²) in [6.07, 6.45) is -5.18. The van der Waals surface area contributed by atoms with Crippen LogP contribution in [-0.2, 0) is 0 Å². The average molecular weight is 286 g/mol. The molecule has 1 aromatic carbocycles. The number of nitro groups is 1. The molecular formula is C8H3ClF3NO5. The van der Waals surface area contributed by atoms with Crippen molar-refractivity contribution in [3.8, 4) is 5.75 Å². The highest BCUT2D eigenvalue weighted by Crippen LogP contribution is 2.39. The lowest BCUT2D eigenvalue weighted by Gasteiger charge is -2.10. The highest BCUT2D eigenvalue weighted by Gasteiger charge is 2.36. The fraction of sp³-hybridized carbons (Fsp3) is 0.125. The smallest absolute Gasteiger partial charge is 0.478 e. The molecule has 0 aromatic heterocycles. The molecule has 0 saturated carbocycles. The molecule has 10 heteroatoms. The molecular weight excluding hydrogens is 283 g/mol. The zero-order valence-electron chi connectivity index (χ0n) is 8.19. The van der Waals surface area contributed by atoms with Crippen molar-refractivity contribution in [2.75, 3.05) is 0 Å². The van der Waals surface area contributed by atoms with Gasteiger partial charge in [0.1, 0.15) is 0 Å². The number of hydrogen-bond donors (Lipinski definition) is 1. The van der Waals surface area contributed by atoms with Crippen molar-refractivity contribution in [1.82, 2.24) is 0 Å². The van der Waals surface area contributed by atoms with Crippen molar-refractivity contribution in [3.05, 3.63) is 32.8 Å². The molecule has 0 unspecified atom stereocenters. The summed E-state index contributed by atoms with van der Waals surface area (Å²) in [6, 6.07) is 1.05. The number of halogens is 4. The second kappa shape index (κ2) is 4.69. The van der Waals surface area contributed by atoms with Gasteiger partial charge in [0.05, 0.1) is 15.5 Å². The molecule has 0 heterocycles. The maximum Gasteiger partial charge on any atom is 0.573 e. The predicted octanol–water partition coefficient (Wildman–Crippen LogP) is 2.85. The average Bonchev–Trinajstić information content (AvgIpc) is 2.18. The van der Waals surface area contributed by atoms with E-state index in [-0.39, 0.29) is 0 Å². The van der Waals surface area contributed by atoms with Crippen molar-refractivity contribution in [2.45, 2.75) is 6.36 Å². The zero-order valence-corrected chi connectivity index (χ0v) is 8.95. The van der Waals surface area contributed by atoms with Gasteiger partial charge in [0.25, 0.3) is 0 Å². The van der Waals surface area contributed by atoms with Gasteiger partial charge < -0.3 is 9.84 Å². The van der Waals surface area contributed by atoms with E-state index in [4.69, 9.17) is 16.7 Å². The highest BCUT2D eigenvalue weighted by atomic mass is 35.5. The summed E-state index contributed by atoms with van der Waals surface area (Å²) in [5, 5.41) is 18.3. The fourth-order valence-corrected chi connectivity index (χ4v) is 1.31. The Labute approximate surface area is 102 Å². The summed E-state index contributed by atoms with van der Waals surface area (Å²) < 4.78 is 39.4. The van der Waals surface area contributed by atoms with Crippen LogP contribution in [0.2, 0.25) is 5.02 Å². The van der Waals surface area contributed by atoms with Crippen LogP contribution >= 0.6 is 11.6 Å². The molecule has 0 spiro atoms. The van der Waals surface area contributed by atoms with Gasteiger partial charge >= 0.3 is 18.0 Å². The molecule has 0 aliphatic heterocycles. The Bertz CT molecular complexity index is 516. The molecule has 1 aromatic rings. The second-order valence-electron chi connectivity index (χ2n) is 2.92. The van der Waals surface area contributed by atoms with E-state index in [1.165, 1.54) is 0 Å². The largest absolute Gasteiger partial charge is 0.573 e. The minimum atomic E-state index is -5.18. The summed E-state index contributed by atoms with van der Waals surface area (Å²) in [5.41, 5.74) is -1.81. The second-order valence-corrected chi connectivity index (χ2v) is 3.32. The molecule has 1 rings (SSSR count). The first-order valence-corrected chi connectivity index (χ1v) is 4.46. The van der Waals surface area contributed by atoms with E-state index >= 15 is 0 Å². The topological polar surface area (TPSA) is 89.7 Å². The maximum absolute atomic E-state index is 12.0. The summed E-state index contributed by atoms with van der Waals surface area (Å²) >= 11 is 5.34. The highest BCUT2D eigenvalue weighted by molar-refractivity contribution is 6.32. The van der Waals surface area contributed by atoms with E-state index in [0.717, 1.165) is 0 Å². The van der Waals surface area contributed by atoms with Crippen LogP contribution in [0.5, 0.6) is 5.75 Å². The van der Waals surface area contributed by atoms with Gasteiger partial charge in [0, 0.05) is 6.07 Å². The molecule has 0 amide bonds. The van der Waals surface area contributed by atoms with E-state index in [2.05, 4.69) is 4.74 Å². The molecule has 0 atom stereocenters. The summed E-state index contributed by atoms with van der Waals surface area (Å²) in [7, 11) is 0. The van der Waals surface area contributed by atoms with Gasteiger partial charge in [-0.25, -0.2) is 4.79 Å². The SMILES string of the molecule is O=C(O)c1cc(Cl)c(OC(F)(F)F)c([N+](=O)[O-])c1. The standard InChI is InChI=1S/C8H3ClF3NO5/c9-4-1-3(7(14)15)2-5(13(16)17)6(4)18-8(10,11)12/h1-2H,(H,14,15). The molecule has 0 saturated heterocycles. The number of hydrogen-bond acceptors (Lipinski definition) is 4. The maximum atomic E-state index is 12.0.